The zero-order valence-electron chi connectivity index (χ0n) is 7.18. The number of aliphatic carboxylic acids is 1. The van der Waals surface area contributed by atoms with Crippen LogP contribution in [0, 0.1) is 11.3 Å². The summed E-state index contributed by atoms with van der Waals surface area (Å²) in [6.45, 7) is 2.00. The van der Waals surface area contributed by atoms with Crippen molar-refractivity contribution in [3.05, 3.63) is 0 Å². The van der Waals surface area contributed by atoms with Crippen molar-refractivity contribution in [2.45, 2.75) is 25.7 Å². The standard InChI is InChI=1S/C9H15NO2/c11-8(12)9(3-4-9)7-1-5-10-6-2-7/h7,10H,1-6H2,(H,11,12). The third-order valence-corrected chi connectivity index (χ3v) is 3.34. The molecule has 1 aliphatic carbocycles. The Morgan fingerprint density at radius 3 is 2.33 bits per heavy atom. The van der Waals surface area contributed by atoms with E-state index >= 15 is 0 Å². The van der Waals surface area contributed by atoms with Crippen molar-refractivity contribution < 1.29 is 9.90 Å². The van der Waals surface area contributed by atoms with Crippen molar-refractivity contribution >= 4 is 5.97 Å². The summed E-state index contributed by atoms with van der Waals surface area (Å²) < 4.78 is 0. The minimum Gasteiger partial charge on any atom is -0.481 e. The molecule has 2 N–H and O–H groups in total. The molecule has 0 amide bonds. The summed E-state index contributed by atoms with van der Waals surface area (Å²) in [5, 5.41) is 12.3. The van der Waals surface area contributed by atoms with Gasteiger partial charge in [-0.1, -0.05) is 0 Å². The van der Waals surface area contributed by atoms with Crippen LogP contribution in [0.3, 0.4) is 0 Å². The topological polar surface area (TPSA) is 49.3 Å². The normalized spacial score (nSPS) is 28.3. The first-order chi connectivity index (χ1) is 5.76. The quantitative estimate of drug-likeness (QED) is 0.644. The van der Waals surface area contributed by atoms with Crippen LogP contribution >= 0.6 is 0 Å². The number of carboxylic acid groups (broad SMARTS) is 1. The maximum absolute atomic E-state index is 11.0. The van der Waals surface area contributed by atoms with Crippen LogP contribution in [0.2, 0.25) is 0 Å². The van der Waals surface area contributed by atoms with Crippen LogP contribution in [-0.4, -0.2) is 24.2 Å². The molecule has 68 valence electrons. The van der Waals surface area contributed by atoms with E-state index in [2.05, 4.69) is 5.32 Å². The highest BCUT2D eigenvalue weighted by atomic mass is 16.4. The molecule has 0 radical (unpaired) electrons. The van der Waals surface area contributed by atoms with Gasteiger partial charge < -0.3 is 10.4 Å². The van der Waals surface area contributed by atoms with E-state index in [1.54, 1.807) is 0 Å². The van der Waals surface area contributed by atoms with Gasteiger partial charge in [-0.2, -0.15) is 0 Å². The summed E-state index contributed by atoms with van der Waals surface area (Å²) in [6.07, 6.45) is 3.92. The zero-order chi connectivity index (χ0) is 8.60. The number of nitrogens with one attached hydrogen (secondary N) is 1. The second-order valence-electron chi connectivity index (χ2n) is 3.99. The van der Waals surface area contributed by atoms with Gasteiger partial charge in [-0.05, 0) is 44.7 Å². The molecule has 0 aromatic heterocycles. The lowest BCUT2D eigenvalue weighted by Crippen LogP contribution is -2.35. The molecule has 0 atom stereocenters. The molecule has 1 saturated carbocycles. The molecule has 2 aliphatic rings. The van der Waals surface area contributed by atoms with E-state index in [1.807, 2.05) is 0 Å². The molecule has 0 bridgehead atoms. The zero-order valence-corrected chi connectivity index (χ0v) is 7.18. The Balaban J connectivity index is 2.02. The maximum atomic E-state index is 11.0. The van der Waals surface area contributed by atoms with Gasteiger partial charge in [0.1, 0.15) is 0 Å². The number of hydrogen-bond donors (Lipinski definition) is 2. The number of carboxylic acids is 1. The van der Waals surface area contributed by atoms with Crippen LogP contribution in [0.1, 0.15) is 25.7 Å². The maximum Gasteiger partial charge on any atom is 0.309 e. The smallest absolute Gasteiger partial charge is 0.309 e. The Bertz CT molecular complexity index is 193. The third kappa shape index (κ3) is 1.12. The molecule has 12 heavy (non-hydrogen) atoms. The van der Waals surface area contributed by atoms with Crippen LogP contribution in [0.15, 0.2) is 0 Å². The van der Waals surface area contributed by atoms with Crippen LogP contribution in [0.4, 0.5) is 0 Å². The highest BCUT2D eigenvalue weighted by molar-refractivity contribution is 5.78. The molecule has 2 fully saturated rings. The predicted molar refractivity (Wildman–Crippen MR) is 44.9 cm³/mol. The lowest BCUT2D eigenvalue weighted by atomic mass is 9.82. The van der Waals surface area contributed by atoms with Crippen molar-refractivity contribution in [1.29, 1.82) is 0 Å². The first-order valence-electron chi connectivity index (χ1n) is 4.70. The minimum absolute atomic E-state index is 0.303. The molecule has 1 aliphatic heterocycles. The predicted octanol–water partition coefficient (Wildman–Crippen LogP) is 0.851. The molecular weight excluding hydrogens is 154 g/mol. The van der Waals surface area contributed by atoms with Crippen LogP contribution in [-0.2, 0) is 4.79 Å². The van der Waals surface area contributed by atoms with Gasteiger partial charge in [0.05, 0.1) is 5.41 Å². The first-order valence-corrected chi connectivity index (χ1v) is 4.70. The van der Waals surface area contributed by atoms with Crippen molar-refractivity contribution in [1.82, 2.24) is 5.32 Å². The Morgan fingerprint density at radius 1 is 1.33 bits per heavy atom. The first kappa shape index (κ1) is 8.05. The van der Waals surface area contributed by atoms with Gasteiger partial charge in [0.2, 0.25) is 0 Å². The Kier molecular flexibility index (Phi) is 1.83. The van der Waals surface area contributed by atoms with Gasteiger partial charge in [0.25, 0.3) is 0 Å². The molecule has 0 aromatic carbocycles. The van der Waals surface area contributed by atoms with Crippen molar-refractivity contribution in [2.75, 3.05) is 13.1 Å². The van der Waals surface area contributed by atoms with Gasteiger partial charge in [-0.15, -0.1) is 0 Å². The van der Waals surface area contributed by atoms with E-state index in [4.69, 9.17) is 5.11 Å². The summed E-state index contributed by atoms with van der Waals surface area (Å²) >= 11 is 0. The van der Waals surface area contributed by atoms with E-state index in [-0.39, 0.29) is 5.41 Å². The van der Waals surface area contributed by atoms with Gasteiger partial charge in [-0.3, -0.25) is 4.79 Å². The van der Waals surface area contributed by atoms with Gasteiger partial charge in [-0.25, -0.2) is 0 Å². The van der Waals surface area contributed by atoms with Crippen LogP contribution < -0.4 is 5.32 Å². The second-order valence-corrected chi connectivity index (χ2v) is 3.99. The molecule has 1 saturated heterocycles. The fourth-order valence-electron chi connectivity index (χ4n) is 2.31. The molecular formula is C9H15NO2. The van der Waals surface area contributed by atoms with E-state index in [1.165, 1.54) is 0 Å². The lowest BCUT2D eigenvalue weighted by molar-refractivity contribution is -0.146. The average Bonchev–Trinajstić information content (AvgIpc) is 2.86. The summed E-state index contributed by atoms with van der Waals surface area (Å²) in [5.41, 5.74) is -0.303. The molecule has 3 nitrogen and oxygen atoms in total. The fourth-order valence-corrected chi connectivity index (χ4v) is 2.31. The SMILES string of the molecule is O=C(O)C1(C2CCNCC2)CC1. The molecule has 2 rings (SSSR count). The number of hydrogen-bond acceptors (Lipinski definition) is 2. The summed E-state index contributed by atoms with van der Waals surface area (Å²) in [6, 6.07) is 0. The summed E-state index contributed by atoms with van der Waals surface area (Å²) in [7, 11) is 0. The largest absolute Gasteiger partial charge is 0.481 e. The number of piperidine rings is 1. The van der Waals surface area contributed by atoms with E-state index in [9.17, 15) is 4.79 Å². The van der Waals surface area contributed by atoms with Crippen LogP contribution in [0.25, 0.3) is 0 Å². The second kappa shape index (κ2) is 2.73. The van der Waals surface area contributed by atoms with E-state index in [0.717, 1.165) is 38.8 Å². The lowest BCUT2D eigenvalue weighted by Gasteiger charge is -2.27. The highest BCUT2D eigenvalue weighted by Crippen LogP contribution is 2.54. The monoisotopic (exact) mass is 169 g/mol. The van der Waals surface area contributed by atoms with Crippen molar-refractivity contribution in [3.63, 3.8) is 0 Å². The minimum atomic E-state index is -0.561. The van der Waals surface area contributed by atoms with Crippen molar-refractivity contribution in [2.24, 2.45) is 11.3 Å². The Morgan fingerprint density at radius 2 is 1.92 bits per heavy atom. The van der Waals surface area contributed by atoms with Gasteiger partial charge in [0.15, 0.2) is 0 Å². The van der Waals surface area contributed by atoms with E-state index in [0.29, 0.717) is 5.92 Å². The molecule has 1 heterocycles. The van der Waals surface area contributed by atoms with Crippen LogP contribution in [0.5, 0.6) is 0 Å². The Hall–Kier alpha value is -0.570. The molecule has 3 heteroatoms. The molecule has 0 unspecified atom stereocenters. The highest BCUT2D eigenvalue weighted by Gasteiger charge is 2.55. The summed E-state index contributed by atoms with van der Waals surface area (Å²) in [5.74, 6) is -0.120. The van der Waals surface area contributed by atoms with Gasteiger partial charge >= 0.3 is 5.97 Å². The van der Waals surface area contributed by atoms with Crippen molar-refractivity contribution in [3.8, 4) is 0 Å². The van der Waals surface area contributed by atoms with Gasteiger partial charge in [0, 0.05) is 0 Å². The average molecular weight is 169 g/mol. The van der Waals surface area contributed by atoms with E-state index < -0.39 is 5.97 Å². The molecule has 0 spiro atoms. The summed E-state index contributed by atoms with van der Waals surface area (Å²) in [4.78, 5) is 11.0. The Labute approximate surface area is 72.2 Å². The molecule has 0 aromatic rings. The number of rotatable bonds is 2. The number of carbonyl (C=O) groups is 1. The fraction of sp³-hybridized carbons (Fsp3) is 0.889. The third-order valence-electron chi connectivity index (χ3n) is 3.34.